The van der Waals surface area contributed by atoms with Gasteiger partial charge in [-0.2, -0.15) is 0 Å². The maximum atomic E-state index is 10.1. The monoisotopic (exact) mass is 144 g/mol. The topological polar surface area (TPSA) is 26.3 Å². The molecule has 0 amide bonds. The minimum absolute atomic E-state index is 0.123. The van der Waals surface area contributed by atoms with E-state index in [1.165, 1.54) is 0 Å². The molecule has 0 aromatic carbocycles. The van der Waals surface area contributed by atoms with Gasteiger partial charge in [-0.3, -0.25) is 0 Å². The van der Waals surface area contributed by atoms with E-state index >= 15 is 0 Å². The Bertz CT molecular complexity index is 89.3. The zero-order chi connectivity index (χ0) is 7.98. The van der Waals surface area contributed by atoms with Crippen LogP contribution in [-0.2, 0) is 9.53 Å². The lowest BCUT2D eigenvalue weighted by atomic mass is 10.2. The molecule has 0 fully saturated rings. The number of hydrogen-bond donors (Lipinski definition) is 0. The Kier molecular flexibility index (Phi) is 5.22. The van der Waals surface area contributed by atoms with Crippen LogP contribution in [0.1, 0.15) is 33.6 Å². The van der Waals surface area contributed by atoms with E-state index in [-0.39, 0.29) is 12.2 Å². The fraction of sp³-hybridized carbons (Fsp3) is 0.875. The number of carbonyl (C=O) groups excluding carboxylic acids is 1. The molecule has 60 valence electrons. The maximum Gasteiger partial charge on any atom is 0.122 e. The molecule has 0 aromatic heterocycles. The molecule has 0 heterocycles. The molecule has 2 heteroatoms. The van der Waals surface area contributed by atoms with Gasteiger partial charge in [-0.05, 0) is 20.3 Å². The van der Waals surface area contributed by atoms with Gasteiger partial charge in [-0.1, -0.05) is 6.92 Å². The first-order valence-electron chi connectivity index (χ1n) is 3.79. The van der Waals surface area contributed by atoms with Crippen LogP contribution in [-0.4, -0.2) is 18.5 Å². The lowest BCUT2D eigenvalue weighted by molar-refractivity contribution is -0.111. The first kappa shape index (κ1) is 9.63. The van der Waals surface area contributed by atoms with E-state index in [1.807, 2.05) is 20.8 Å². The van der Waals surface area contributed by atoms with Crippen molar-refractivity contribution in [2.75, 3.05) is 0 Å². The first-order chi connectivity index (χ1) is 4.70. The second-order valence-corrected chi connectivity index (χ2v) is 2.62. The summed E-state index contributed by atoms with van der Waals surface area (Å²) in [5.41, 5.74) is 0. The summed E-state index contributed by atoms with van der Waals surface area (Å²) in [4.78, 5) is 10.1. The summed E-state index contributed by atoms with van der Waals surface area (Å²) < 4.78 is 5.41. The zero-order valence-corrected chi connectivity index (χ0v) is 6.96. The molecule has 0 bridgehead atoms. The molecule has 0 N–H and O–H groups in total. The Labute approximate surface area is 62.6 Å². The molecule has 0 aliphatic heterocycles. The predicted octanol–water partition coefficient (Wildman–Crippen LogP) is 1.78. The quantitative estimate of drug-likeness (QED) is 0.550. The molecule has 1 atom stereocenters. The smallest absolute Gasteiger partial charge is 0.122 e. The summed E-state index contributed by atoms with van der Waals surface area (Å²) in [6, 6.07) is 0. The van der Waals surface area contributed by atoms with Crippen molar-refractivity contribution in [3.63, 3.8) is 0 Å². The van der Waals surface area contributed by atoms with Gasteiger partial charge in [0.25, 0.3) is 0 Å². The van der Waals surface area contributed by atoms with Gasteiger partial charge in [0.05, 0.1) is 12.2 Å². The summed E-state index contributed by atoms with van der Waals surface area (Å²) in [6.45, 7) is 5.98. The average molecular weight is 144 g/mol. The highest BCUT2D eigenvalue weighted by Crippen LogP contribution is 2.04. The van der Waals surface area contributed by atoms with Crippen LogP contribution in [0.15, 0.2) is 0 Å². The van der Waals surface area contributed by atoms with Crippen LogP contribution in [0.25, 0.3) is 0 Å². The Hall–Kier alpha value is -0.370. The van der Waals surface area contributed by atoms with Crippen LogP contribution in [0.2, 0.25) is 0 Å². The summed E-state index contributed by atoms with van der Waals surface area (Å²) in [5, 5.41) is 0. The number of rotatable bonds is 5. The highest BCUT2D eigenvalue weighted by molar-refractivity contribution is 5.50. The Balaban J connectivity index is 3.48. The van der Waals surface area contributed by atoms with Gasteiger partial charge in [0.15, 0.2) is 0 Å². The van der Waals surface area contributed by atoms with Gasteiger partial charge in [0.1, 0.15) is 6.29 Å². The molecule has 0 spiro atoms. The van der Waals surface area contributed by atoms with E-state index < -0.39 is 0 Å². The van der Waals surface area contributed by atoms with Crippen LogP contribution in [0.4, 0.5) is 0 Å². The third-order valence-corrected chi connectivity index (χ3v) is 1.28. The minimum Gasteiger partial charge on any atom is -0.375 e. The second-order valence-electron chi connectivity index (χ2n) is 2.62. The van der Waals surface area contributed by atoms with Crippen LogP contribution in [0.3, 0.4) is 0 Å². The van der Waals surface area contributed by atoms with Crippen molar-refractivity contribution >= 4 is 6.29 Å². The molecule has 10 heavy (non-hydrogen) atoms. The minimum atomic E-state index is 0.123. The van der Waals surface area contributed by atoms with Gasteiger partial charge in [0.2, 0.25) is 0 Å². The SMILES string of the molecule is CCC(CC=O)OC(C)C. The number of carbonyl (C=O) groups is 1. The van der Waals surface area contributed by atoms with Crippen molar-refractivity contribution < 1.29 is 9.53 Å². The molecule has 1 unspecified atom stereocenters. The van der Waals surface area contributed by atoms with Crippen LogP contribution >= 0.6 is 0 Å². The van der Waals surface area contributed by atoms with Crippen LogP contribution < -0.4 is 0 Å². The van der Waals surface area contributed by atoms with E-state index in [0.717, 1.165) is 12.7 Å². The van der Waals surface area contributed by atoms with E-state index in [0.29, 0.717) is 6.42 Å². The fourth-order valence-electron chi connectivity index (χ4n) is 0.811. The van der Waals surface area contributed by atoms with Gasteiger partial charge in [0, 0.05) is 6.42 Å². The van der Waals surface area contributed by atoms with Crippen LogP contribution in [0, 0.1) is 0 Å². The molecule has 0 rings (SSSR count). The van der Waals surface area contributed by atoms with E-state index in [2.05, 4.69) is 0 Å². The van der Waals surface area contributed by atoms with Crippen molar-refractivity contribution in [1.82, 2.24) is 0 Å². The Morgan fingerprint density at radius 3 is 2.40 bits per heavy atom. The van der Waals surface area contributed by atoms with Gasteiger partial charge >= 0.3 is 0 Å². The standard InChI is InChI=1S/C8H16O2/c1-4-8(5-6-9)10-7(2)3/h6-8H,4-5H2,1-3H3. The number of hydrogen-bond acceptors (Lipinski definition) is 2. The highest BCUT2D eigenvalue weighted by Gasteiger charge is 2.06. The molecular weight excluding hydrogens is 128 g/mol. The molecule has 0 radical (unpaired) electrons. The van der Waals surface area contributed by atoms with E-state index in [1.54, 1.807) is 0 Å². The summed E-state index contributed by atoms with van der Waals surface area (Å²) >= 11 is 0. The van der Waals surface area contributed by atoms with E-state index in [9.17, 15) is 4.79 Å². The van der Waals surface area contributed by atoms with E-state index in [4.69, 9.17) is 4.74 Å². The molecule has 0 aliphatic carbocycles. The van der Waals surface area contributed by atoms with Gasteiger partial charge in [-0.15, -0.1) is 0 Å². The molecule has 0 saturated heterocycles. The molecule has 0 saturated carbocycles. The lowest BCUT2D eigenvalue weighted by Gasteiger charge is -2.15. The Morgan fingerprint density at radius 2 is 2.10 bits per heavy atom. The normalized spacial score (nSPS) is 13.6. The molecule has 0 aromatic rings. The van der Waals surface area contributed by atoms with Crippen molar-refractivity contribution in [2.45, 2.75) is 45.8 Å². The number of aldehydes is 1. The molecule has 0 aliphatic rings. The molecule has 2 nitrogen and oxygen atoms in total. The lowest BCUT2D eigenvalue weighted by Crippen LogP contribution is -2.17. The zero-order valence-electron chi connectivity index (χ0n) is 6.96. The summed E-state index contributed by atoms with van der Waals surface area (Å²) in [5.74, 6) is 0. The largest absolute Gasteiger partial charge is 0.375 e. The van der Waals surface area contributed by atoms with Crippen molar-refractivity contribution in [3.05, 3.63) is 0 Å². The molecular formula is C8H16O2. The van der Waals surface area contributed by atoms with Crippen LogP contribution in [0.5, 0.6) is 0 Å². The van der Waals surface area contributed by atoms with Crippen molar-refractivity contribution in [2.24, 2.45) is 0 Å². The third kappa shape index (κ3) is 4.50. The van der Waals surface area contributed by atoms with Crippen molar-refractivity contribution in [1.29, 1.82) is 0 Å². The first-order valence-corrected chi connectivity index (χ1v) is 3.79. The second kappa shape index (κ2) is 5.42. The van der Waals surface area contributed by atoms with Crippen molar-refractivity contribution in [3.8, 4) is 0 Å². The van der Waals surface area contributed by atoms with Gasteiger partial charge in [-0.25, -0.2) is 0 Å². The fourth-order valence-corrected chi connectivity index (χ4v) is 0.811. The number of ether oxygens (including phenoxy) is 1. The summed E-state index contributed by atoms with van der Waals surface area (Å²) in [6.07, 6.45) is 2.70. The third-order valence-electron chi connectivity index (χ3n) is 1.28. The Morgan fingerprint density at radius 1 is 1.50 bits per heavy atom. The summed E-state index contributed by atoms with van der Waals surface area (Å²) in [7, 11) is 0. The van der Waals surface area contributed by atoms with Gasteiger partial charge < -0.3 is 9.53 Å². The predicted molar refractivity (Wildman–Crippen MR) is 41.0 cm³/mol. The maximum absolute atomic E-state index is 10.1. The highest BCUT2D eigenvalue weighted by atomic mass is 16.5. The average Bonchev–Trinajstić information content (AvgIpc) is 1.86.